The monoisotopic (exact) mass is 290 g/mol. The third-order valence-corrected chi connectivity index (χ3v) is 4.28. The molecule has 2 rings (SSSR count). The lowest BCUT2D eigenvalue weighted by Crippen LogP contribution is -1.98. The maximum atomic E-state index is 9.96. The molecule has 0 spiro atoms. The van der Waals surface area contributed by atoms with Crippen molar-refractivity contribution in [2.45, 2.75) is 13.0 Å². The Morgan fingerprint density at radius 2 is 2.29 bits per heavy atom. The van der Waals surface area contributed by atoms with Crippen LogP contribution in [-0.2, 0) is 0 Å². The van der Waals surface area contributed by atoms with E-state index in [0.717, 1.165) is 9.88 Å². The topological polar surface area (TPSA) is 46.0 Å². The average Bonchev–Trinajstić information content (AvgIpc) is 2.73. The molecular weight excluding hydrogens is 284 g/mol. The van der Waals surface area contributed by atoms with Crippen molar-refractivity contribution in [1.29, 1.82) is 0 Å². The van der Waals surface area contributed by atoms with E-state index in [9.17, 15) is 5.11 Å². The number of rotatable bonds is 2. The number of nitrogens with zero attached hydrogens (tertiary/aromatic N) is 2. The fourth-order valence-corrected chi connectivity index (χ4v) is 3.10. The van der Waals surface area contributed by atoms with Gasteiger partial charge in [-0.05, 0) is 22.9 Å². The minimum absolute atomic E-state index is 0.665. The van der Waals surface area contributed by atoms with Crippen molar-refractivity contribution in [2.24, 2.45) is 0 Å². The van der Waals surface area contributed by atoms with Gasteiger partial charge in [0, 0.05) is 5.38 Å². The number of hydrogen-bond acceptors (Lipinski definition) is 5. The molecular formula is C8H7BrN2OS2. The lowest BCUT2D eigenvalue weighted by atomic mass is 10.2. The van der Waals surface area contributed by atoms with Crippen molar-refractivity contribution in [1.82, 2.24) is 9.97 Å². The zero-order valence-corrected chi connectivity index (χ0v) is 10.5. The Bertz CT molecular complexity index is 440. The van der Waals surface area contributed by atoms with Crippen LogP contribution in [0.25, 0.3) is 0 Å². The van der Waals surface area contributed by atoms with Crippen molar-refractivity contribution < 1.29 is 5.11 Å². The molecule has 1 unspecified atom stereocenters. The first-order chi connectivity index (χ1) is 6.68. The Morgan fingerprint density at radius 1 is 1.50 bits per heavy atom. The van der Waals surface area contributed by atoms with Gasteiger partial charge in [-0.25, -0.2) is 9.97 Å². The van der Waals surface area contributed by atoms with E-state index in [0.29, 0.717) is 10.3 Å². The molecule has 2 aromatic heterocycles. The zero-order valence-electron chi connectivity index (χ0n) is 7.27. The number of aliphatic hydroxyl groups excluding tert-OH is 1. The Labute approximate surface area is 97.6 Å². The maximum Gasteiger partial charge on any atom is 0.134 e. The molecule has 0 fully saturated rings. The van der Waals surface area contributed by atoms with Crippen molar-refractivity contribution >= 4 is 38.6 Å². The van der Waals surface area contributed by atoms with Crippen LogP contribution in [0.5, 0.6) is 0 Å². The average molecular weight is 291 g/mol. The van der Waals surface area contributed by atoms with Gasteiger partial charge in [0.15, 0.2) is 0 Å². The summed E-state index contributed by atoms with van der Waals surface area (Å²) in [6.07, 6.45) is -0.665. The van der Waals surface area contributed by atoms with Crippen LogP contribution in [0, 0.1) is 6.92 Å². The van der Waals surface area contributed by atoms with E-state index >= 15 is 0 Å². The third kappa shape index (κ3) is 1.88. The van der Waals surface area contributed by atoms with Crippen LogP contribution in [0.2, 0.25) is 0 Å². The second-order valence-electron chi connectivity index (χ2n) is 2.70. The zero-order chi connectivity index (χ0) is 10.1. The smallest absolute Gasteiger partial charge is 0.134 e. The van der Waals surface area contributed by atoms with Gasteiger partial charge in [0.25, 0.3) is 0 Å². The first-order valence-electron chi connectivity index (χ1n) is 3.87. The van der Waals surface area contributed by atoms with Crippen molar-refractivity contribution in [3.63, 3.8) is 0 Å². The molecule has 0 aromatic carbocycles. The predicted molar refractivity (Wildman–Crippen MR) is 60.7 cm³/mol. The molecule has 0 amide bonds. The summed E-state index contributed by atoms with van der Waals surface area (Å²) in [6.45, 7) is 1.92. The number of halogens is 1. The summed E-state index contributed by atoms with van der Waals surface area (Å²) in [4.78, 5) is 9.06. The Kier molecular flexibility index (Phi) is 2.96. The molecule has 0 bridgehead atoms. The molecule has 0 aliphatic rings. The standard InChI is InChI=1S/C8H7BrN2OS2/c1-4-11-5(2-13-4)6(12)7-8(9)10-3-14-7/h2-3,6,12H,1H3. The van der Waals surface area contributed by atoms with Gasteiger partial charge in [-0.1, -0.05) is 0 Å². The summed E-state index contributed by atoms with van der Waals surface area (Å²) in [5.74, 6) is 0. The quantitative estimate of drug-likeness (QED) is 0.925. The van der Waals surface area contributed by atoms with Crippen molar-refractivity contribution in [3.05, 3.63) is 31.1 Å². The van der Waals surface area contributed by atoms with Crippen LogP contribution in [0.1, 0.15) is 21.7 Å². The lowest BCUT2D eigenvalue weighted by molar-refractivity contribution is 0.219. The highest BCUT2D eigenvalue weighted by atomic mass is 79.9. The highest BCUT2D eigenvalue weighted by molar-refractivity contribution is 9.10. The molecule has 1 N–H and O–H groups in total. The van der Waals surface area contributed by atoms with Crippen LogP contribution in [0.15, 0.2) is 15.5 Å². The number of aromatic nitrogens is 2. The van der Waals surface area contributed by atoms with Crippen LogP contribution in [0.3, 0.4) is 0 Å². The fourth-order valence-electron chi connectivity index (χ4n) is 1.06. The molecule has 14 heavy (non-hydrogen) atoms. The molecule has 6 heteroatoms. The second kappa shape index (κ2) is 4.06. The molecule has 0 aliphatic carbocycles. The second-order valence-corrected chi connectivity index (χ2v) is 5.40. The molecule has 0 saturated carbocycles. The van der Waals surface area contributed by atoms with Gasteiger partial charge >= 0.3 is 0 Å². The minimum atomic E-state index is -0.665. The van der Waals surface area contributed by atoms with Crippen molar-refractivity contribution in [2.75, 3.05) is 0 Å². The highest BCUT2D eigenvalue weighted by Gasteiger charge is 2.18. The number of aryl methyl sites for hydroxylation is 1. The molecule has 74 valence electrons. The maximum absolute atomic E-state index is 9.96. The third-order valence-electron chi connectivity index (χ3n) is 1.71. The molecule has 1 atom stereocenters. The predicted octanol–water partition coefficient (Wildman–Crippen LogP) is 2.75. The van der Waals surface area contributed by atoms with E-state index in [2.05, 4.69) is 25.9 Å². The summed E-state index contributed by atoms with van der Waals surface area (Å²) < 4.78 is 0.695. The largest absolute Gasteiger partial charge is 0.381 e. The van der Waals surface area contributed by atoms with E-state index in [-0.39, 0.29) is 0 Å². The molecule has 2 heterocycles. The number of thiazole rings is 2. The van der Waals surface area contributed by atoms with Gasteiger partial charge in [-0.2, -0.15) is 0 Å². The summed E-state index contributed by atoms with van der Waals surface area (Å²) in [5, 5.41) is 12.8. The van der Waals surface area contributed by atoms with Crippen LogP contribution in [0.4, 0.5) is 0 Å². The minimum Gasteiger partial charge on any atom is -0.381 e. The molecule has 0 aliphatic heterocycles. The van der Waals surface area contributed by atoms with Crippen LogP contribution >= 0.6 is 38.6 Å². The summed E-state index contributed by atoms with van der Waals surface area (Å²) >= 11 is 6.24. The van der Waals surface area contributed by atoms with Gasteiger partial charge in [0.05, 0.1) is 21.1 Å². The van der Waals surface area contributed by atoms with Gasteiger partial charge in [0.1, 0.15) is 10.7 Å². The first-order valence-corrected chi connectivity index (χ1v) is 6.42. The summed E-state index contributed by atoms with van der Waals surface area (Å²) in [5.41, 5.74) is 2.39. The van der Waals surface area contributed by atoms with Crippen molar-refractivity contribution in [3.8, 4) is 0 Å². The molecule has 3 nitrogen and oxygen atoms in total. The number of aliphatic hydroxyl groups is 1. The van der Waals surface area contributed by atoms with Crippen LogP contribution in [-0.4, -0.2) is 15.1 Å². The molecule has 0 radical (unpaired) electrons. The molecule has 2 aromatic rings. The summed E-state index contributed by atoms with van der Waals surface area (Å²) in [7, 11) is 0. The summed E-state index contributed by atoms with van der Waals surface area (Å²) in [6, 6.07) is 0. The normalized spacial score (nSPS) is 13.1. The Balaban J connectivity index is 2.33. The molecule has 0 saturated heterocycles. The van der Waals surface area contributed by atoms with E-state index in [4.69, 9.17) is 0 Å². The van der Waals surface area contributed by atoms with Gasteiger partial charge < -0.3 is 5.11 Å². The Morgan fingerprint density at radius 3 is 2.79 bits per heavy atom. The first kappa shape index (κ1) is 10.2. The van der Waals surface area contributed by atoms with E-state index in [1.54, 1.807) is 5.51 Å². The Hall–Kier alpha value is -0.300. The number of hydrogen-bond donors (Lipinski definition) is 1. The van der Waals surface area contributed by atoms with E-state index in [1.165, 1.54) is 22.7 Å². The lowest BCUT2D eigenvalue weighted by Gasteiger charge is -2.04. The highest BCUT2D eigenvalue weighted by Crippen LogP contribution is 2.31. The SMILES string of the molecule is Cc1nc(C(O)c2scnc2Br)cs1. The van der Waals surface area contributed by atoms with Gasteiger partial charge in [0.2, 0.25) is 0 Å². The van der Waals surface area contributed by atoms with Crippen LogP contribution < -0.4 is 0 Å². The fraction of sp³-hybridized carbons (Fsp3) is 0.250. The van der Waals surface area contributed by atoms with E-state index in [1.807, 2.05) is 12.3 Å². The van der Waals surface area contributed by atoms with Gasteiger partial charge in [-0.15, -0.1) is 22.7 Å². The van der Waals surface area contributed by atoms with E-state index < -0.39 is 6.10 Å². The van der Waals surface area contributed by atoms with Gasteiger partial charge in [-0.3, -0.25) is 0 Å².